The molecule has 2 nitrogen and oxygen atoms in total. The fourth-order valence-electron chi connectivity index (χ4n) is 2.55. The zero-order valence-corrected chi connectivity index (χ0v) is 13.4. The van der Waals surface area contributed by atoms with Crippen LogP contribution in [0.4, 0.5) is 8.78 Å². The molecule has 0 radical (unpaired) electrons. The average molecular weight is 347 g/mol. The fourth-order valence-corrected chi connectivity index (χ4v) is 2.72. The second kappa shape index (κ2) is 6.49. The van der Waals surface area contributed by atoms with E-state index in [9.17, 15) is 13.9 Å². The Kier molecular flexibility index (Phi) is 4.40. The number of methoxy groups -OCH3 is 1. The molecule has 0 bridgehead atoms. The number of phenols is 1. The van der Waals surface area contributed by atoms with Crippen LogP contribution in [0.2, 0.25) is 5.02 Å². The summed E-state index contributed by atoms with van der Waals surface area (Å²) in [7, 11) is 1.46. The van der Waals surface area contributed by atoms with Gasteiger partial charge in [-0.15, -0.1) is 0 Å². The maximum atomic E-state index is 14.6. The first kappa shape index (κ1) is 16.3. The molecule has 0 saturated heterocycles. The van der Waals surface area contributed by atoms with Gasteiger partial charge >= 0.3 is 0 Å². The van der Waals surface area contributed by atoms with Crippen LogP contribution in [-0.2, 0) is 0 Å². The summed E-state index contributed by atoms with van der Waals surface area (Å²) in [6, 6.07) is 13.1. The highest BCUT2D eigenvalue weighted by Gasteiger charge is 2.17. The van der Waals surface area contributed by atoms with E-state index >= 15 is 0 Å². The van der Waals surface area contributed by atoms with E-state index in [1.807, 2.05) is 0 Å². The first-order valence-corrected chi connectivity index (χ1v) is 7.50. The summed E-state index contributed by atoms with van der Waals surface area (Å²) in [6.45, 7) is 0. The molecule has 3 rings (SSSR count). The van der Waals surface area contributed by atoms with Gasteiger partial charge in [0.2, 0.25) is 0 Å². The second-order valence-corrected chi connectivity index (χ2v) is 5.61. The van der Waals surface area contributed by atoms with E-state index in [-0.39, 0.29) is 22.4 Å². The lowest BCUT2D eigenvalue weighted by molar-refractivity contribution is 0.416. The predicted octanol–water partition coefficient (Wildman–Crippen LogP) is 5.67. The number of halogens is 3. The number of benzene rings is 3. The average Bonchev–Trinajstić information content (AvgIpc) is 2.59. The van der Waals surface area contributed by atoms with E-state index in [1.54, 1.807) is 24.3 Å². The Hall–Kier alpha value is -2.59. The van der Waals surface area contributed by atoms with Crippen LogP contribution in [0.25, 0.3) is 22.3 Å². The molecule has 0 spiro atoms. The molecule has 0 aliphatic carbocycles. The third-order valence-corrected chi connectivity index (χ3v) is 3.94. The Labute approximate surface area is 142 Å². The molecule has 5 heteroatoms. The van der Waals surface area contributed by atoms with Gasteiger partial charge in [-0.25, -0.2) is 8.78 Å². The number of phenolic OH excluding ortho intramolecular Hbond substituents is 1. The molecule has 0 heterocycles. The smallest absolute Gasteiger partial charge is 0.131 e. The highest BCUT2D eigenvalue weighted by Crippen LogP contribution is 2.38. The molecule has 0 unspecified atom stereocenters. The molecule has 0 atom stereocenters. The zero-order chi connectivity index (χ0) is 17.3. The van der Waals surface area contributed by atoms with Gasteiger partial charge in [0, 0.05) is 27.3 Å². The summed E-state index contributed by atoms with van der Waals surface area (Å²) >= 11 is 5.88. The van der Waals surface area contributed by atoms with Crippen LogP contribution in [0.3, 0.4) is 0 Å². The van der Waals surface area contributed by atoms with Gasteiger partial charge in [0.05, 0.1) is 7.11 Å². The molecule has 1 N–H and O–H groups in total. The number of rotatable bonds is 3. The third-order valence-electron chi connectivity index (χ3n) is 3.70. The van der Waals surface area contributed by atoms with E-state index in [0.29, 0.717) is 16.3 Å². The largest absolute Gasteiger partial charge is 0.507 e. The van der Waals surface area contributed by atoms with Gasteiger partial charge in [-0.2, -0.15) is 0 Å². The van der Waals surface area contributed by atoms with Crippen molar-refractivity contribution in [3.05, 3.63) is 71.3 Å². The summed E-state index contributed by atoms with van der Waals surface area (Å²) < 4.78 is 34.4. The molecule has 122 valence electrons. The lowest BCUT2D eigenvalue weighted by Gasteiger charge is -2.12. The van der Waals surface area contributed by atoms with Gasteiger partial charge in [-0.3, -0.25) is 0 Å². The molecular formula is C19H13ClF2O2. The van der Waals surface area contributed by atoms with E-state index in [0.717, 1.165) is 12.1 Å². The molecule has 0 fully saturated rings. The van der Waals surface area contributed by atoms with Crippen molar-refractivity contribution in [1.82, 2.24) is 0 Å². The Morgan fingerprint density at radius 1 is 0.833 bits per heavy atom. The minimum absolute atomic E-state index is 0.0638. The number of hydrogen-bond acceptors (Lipinski definition) is 2. The van der Waals surface area contributed by atoms with Gasteiger partial charge < -0.3 is 9.84 Å². The molecule has 0 aliphatic heterocycles. The Morgan fingerprint density at radius 2 is 1.46 bits per heavy atom. The van der Waals surface area contributed by atoms with Crippen LogP contribution in [-0.4, -0.2) is 12.2 Å². The minimum atomic E-state index is -0.671. The molecule has 3 aromatic rings. The van der Waals surface area contributed by atoms with Crippen molar-refractivity contribution in [2.24, 2.45) is 0 Å². The highest BCUT2D eigenvalue weighted by molar-refractivity contribution is 6.31. The second-order valence-electron chi connectivity index (χ2n) is 5.17. The van der Waals surface area contributed by atoms with Crippen LogP contribution < -0.4 is 4.74 Å². The number of aromatic hydroxyl groups is 1. The SMILES string of the molecule is COc1ccccc1-c1cc(F)c(-c2cc(Cl)ccc2O)cc1F. The van der Waals surface area contributed by atoms with Gasteiger partial charge in [0.25, 0.3) is 0 Å². The first-order chi connectivity index (χ1) is 11.5. The molecule has 0 aliphatic rings. The van der Waals surface area contributed by atoms with Crippen molar-refractivity contribution in [3.8, 4) is 33.8 Å². The van der Waals surface area contributed by atoms with Gasteiger partial charge in [-0.05, 0) is 36.4 Å². The highest BCUT2D eigenvalue weighted by atomic mass is 35.5. The maximum absolute atomic E-state index is 14.6. The third kappa shape index (κ3) is 2.93. The van der Waals surface area contributed by atoms with Gasteiger partial charge in [-0.1, -0.05) is 29.8 Å². The topological polar surface area (TPSA) is 29.5 Å². The number of hydrogen-bond donors (Lipinski definition) is 1. The summed E-state index contributed by atoms with van der Waals surface area (Å²) in [5.74, 6) is -1.04. The Bertz CT molecular complexity index is 910. The van der Waals surface area contributed by atoms with E-state index < -0.39 is 11.6 Å². The monoisotopic (exact) mass is 346 g/mol. The number of para-hydroxylation sites is 1. The summed E-state index contributed by atoms with van der Waals surface area (Å²) in [4.78, 5) is 0. The van der Waals surface area contributed by atoms with Crippen molar-refractivity contribution in [3.63, 3.8) is 0 Å². The Morgan fingerprint density at radius 3 is 2.12 bits per heavy atom. The van der Waals surface area contributed by atoms with Crippen molar-refractivity contribution >= 4 is 11.6 Å². The minimum Gasteiger partial charge on any atom is -0.507 e. The molecule has 24 heavy (non-hydrogen) atoms. The van der Waals surface area contributed by atoms with E-state index in [2.05, 4.69) is 0 Å². The van der Waals surface area contributed by atoms with Crippen molar-refractivity contribution in [1.29, 1.82) is 0 Å². The zero-order valence-electron chi connectivity index (χ0n) is 12.7. The van der Waals surface area contributed by atoms with Crippen LogP contribution in [0.15, 0.2) is 54.6 Å². The van der Waals surface area contributed by atoms with Gasteiger partial charge in [0.1, 0.15) is 23.1 Å². The summed E-state index contributed by atoms with van der Waals surface area (Å²) in [5.41, 5.74) is 0.588. The van der Waals surface area contributed by atoms with Crippen molar-refractivity contribution in [2.45, 2.75) is 0 Å². The van der Waals surface area contributed by atoms with E-state index in [4.69, 9.17) is 16.3 Å². The normalized spacial score (nSPS) is 10.7. The molecule has 0 aromatic heterocycles. The van der Waals surface area contributed by atoms with Crippen LogP contribution in [0.5, 0.6) is 11.5 Å². The summed E-state index contributed by atoms with van der Waals surface area (Å²) in [6.07, 6.45) is 0. The summed E-state index contributed by atoms with van der Waals surface area (Å²) in [5, 5.41) is 10.2. The van der Waals surface area contributed by atoms with Crippen LogP contribution in [0, 0.1) is 11.6 Å². The Balaban J connectivity index is 2.18. The van der Waals surface area contributed by atoms with E-state index in [1.165, 1.54) is 25.3 Å². The number of ether oxygens (including phenoxy) is 1. The van der Waals surface area contributed by atoms with Gasteiger partial charge in [0.15, 0.2) is 0 Å². The standard InChI is InChI=1S/C19H13ClF2O2/c1-24-19-5-3-2-4-12(19)13-9-17(22)14(10-16(13)21)15-8-11(20)6-7-18(15)23/h2-10,23H,1H3. The molecule has 0 amide bonds. The first-order valence-electron chi connectivity index (χ1n) is 7.12. The molecule has 3 aromatic carbocycles. The van der Waals surface area contributed by atoms with Crippen molar-refractivity contribution in [2.75, 3.05) is 7.11 Å². The van der Waals surface area contributed by atoms with Crippen LogP contribution in [0.1, 0.15) is 0 Å². The molecule has 0 saturated carbocycles. The molecular weight excluding hydrogens is 334 g/mol. The fraction of sp³-hybridized carbons (Fsp3) is 0.0526. The lowest BCUT2D eigenvalue weighted by Crippen LogP contribution is -1.94. The maximum Gasteiger partial charge on any atom is 0.131 e. The van der Waals surface area contributed by atoms with Crippen LogP contribution >= 0.6 is 11.6 Å². The quantitative estimate of drug-likeness (QED) is 0.662. The van der Waals surface area contributed by atoms with Crippen molar-refractivity contribution < 1.29 is 18.6 Å². The predicted molar refractivity (Wildman–Crippen MR) is 90.5 cm³/mol. The lowest BCUT2D eigenvalue weighted by atomic mass is 9.98.